The molecule has 0 spiro atoms. The summed E-state index contributed by atoms with van der Waals surface area (Å²) >= 11 is 0. The van der Waals surface area contributed by atoms with Gasteiger partial charge in [0.05, 0.1) is 11.8 Å². The lowest BCUT2D eigenvalue weighted by atomic mass is 10.1. The SMILES string of the molecule is O=C(NCC1CCN(c2ccccc2)C1)c1cnn(-c2ccccc2F)c1C(F)(F)F. The molecule has 1 aliphatic rings. The van der Waals surface area contributed by atoms with Crippen LogP contribution < -0.4 is 10.2 Å². The van der Waals surface area contributed by atoms with E-state index in [9.17, 15) is 22.4 Å². The molecule has 0 aliphatic carbocycles. The van der Waals surface area contributed by atoms with Crippen LogP contribution in [-0.4, -0.2) is 35.3 Å². The molecule has 2 aromatic carbocycles. The Morgan fingerprint density at radius 2 is 1.81 bits per heavy atom. The molecule has 1 atom stereocenters. The normalized spacial score (nSPS) is 16.5. The standard InChI is InChI=1S/C22H20F4N4O/c23-18-8-4-5-9-19(18)30-20(22(24,25)26)17(13-28-30)21(31)27-12-15-10-11-29(14-15)16-6-2-1-3-7-16/h1-9,13,15H,10-12,14H2,(H,27,31). The summed E-state index contributed by atoms with van der Waals surface area (Å²) in [5.74, 6) is -1.64. The van der Waals surface area contributed by atoms with E-state index in [2.05, 4.69) is 15.3 Å². The molecule has 5 nitrogen and oxygen atoms in total. The monoisotopic (exact) mass is 432 g/mol. The minimum Gasteiger partial charge on any atom is -0.371 e. The number of benzene rings is 2. The molecule has 1 aromatic heterocycles. The lowest BCUT2D eigenvalue weighted by molar-refractivity contribution is -0.143. The van der Waals surface area contributed by atoms with Crippen molar-refractivity contribution in [3.05, 3.63) is 77.9 Å². The molecule has 9 heteroatoms. The highest BCUT2D eigenvalue weighted by molar-refractivity contribution is 5.95. The molecule has 1 N–H and O–H groups in total. The maximum Gasteiger partial charge on any atom is 0.434 e. The molecule has 3 aromatic rings. The molecule has 1 unspecified atom stereocenters. The summed E-state index contributed by atoms with van der Waals surface area (Å²) in [5.41, 5.74) is -1.23. The number of carbonyl (C=O) groups is 1. The maximum absolute atomic E-state index is 14.0. The van der Waals surface area contributed by atoms with Gasteiger partial charge in [0, 0.05) is 25.3 Å². The second kappa shape index (κ2) is 8.41. The number of alkyl halides is 3. The van der Waals surface area contributed by atoms with Gasteiger partial charge in [0.2, 0.25) is 0 Å². The Hall–Kier alpha value is -3.36. The van der Waals surface area contributed by atoms with Crippen LogP contribution in [0.1, 0.15) is 22.5 Å². The Morgan fingerprint density at radius 1 is 1.10 bits per heavy atom. The van der Waals surface area contributed by atoms with Crippen LogP contribution in [-0.2, 0) is 6.18 Å². The summed E-state index contributed by atoms with van der Waals surface area (Å²) in [5, 5.41) is 6.25. The molecule has 162 valence electrons. The third-order valence-corrected chi connectivity index (χ3v) is 5.32. The van der Waals surface area contributed by atoms with E-state index < -0.39 is 29.2 Å². The molecule has 2 heterocycles. The van der Waals surface area contributed by atoms with Gasteiger partial charge in [-0.2, -0.15) is 18.3 Å². The number of nitrogens with one attached hydrogen (secondary N) is 1. The van der Waals surface area contributed by atoms with Crippen molar-refractivity contribution < 1.29 is 22.4 Å². The third kappa shape index (κ3) is 4.40. The Labute approximate surface area is 176 Å². The number of amides is 1. The van der Waals surface area contributed by atoms with Gasteiger partial charge in [0.1, 0.15) is 11.5 Å². The van der Waals surface area contributed by atoms with Gasteiger partial charge in [-0.25, -0.2) is 9.07 Å². The lowest BCUT2D eigenvalue weighted by Gasteiger charge is -2.18. The predicted octanol–water partition coefficient (Wildman–Crippen LogP) is 4.29. The molecule has 31 heavy (non-hydrogen) atoms. The van der Waals surface area contributed by atoms with Crippen molar-refractivity contribution in [1.29, 1.82) is 0 Å². The summed E-state index contributed by atoms with van der Waals surface area (Å²) < 4.78 is 55.7. The van der Waals surface area contributed by atoms with Crippen molar-refractivity contribution in [2.45, 2.75) is 12.6 Å². The van der Waals surface area contributed by atoms with Gasteiger partial charge >= 0.3 is 6.18 Å². The van der Waals surface area contributed by atoms with Crippen LogP contribution in [0.15, 0.2) is 60.8 Å². The number of anilines is 1. The van der Waals surface area contributed by atoms with E-state index in [-0.39, 0.29) is 18.2 Å². The van der Waals surface area contributed by atoms with Crippen LogP contribution in [0.25, 0.3) is 5.69 Å². The molecule has 0 radical (unpaired) electrons. The minimum atomic E-state index is -4.89. The van der Waals surface area contributed by atoms with Crippen molar-refractivity contribution in [2.24, 2.45) is 5.92 Å². The van der Waals surface area contributed by atoms with Gasteiger partial charge in [-0.1, -0.05) is 30.3 Å². The molecule has 4 rings (SSSR count). The van der Waals surface area contributed by atoms with Crippen LogP contribution in [0.4, 0.5) is 23.2 Å². The second-order valence-electron chi connectivity index (χ2n) is 7.41. The van der Waals surface area contributed by atoms with Crippen molar-refractivity contribution in [3.63, 3.8) is 0 Å². The topological polar surface area (TPSA) is 50.2 Å². The highest BCUT2D eigenvalue weighted by Gasteiger charge is 2.41. The summed E-state index contributed by atoms with van der Waals surface area (Å²) in [6.45, 7) is 1.75. The van der Waals surface area contributed by atoms with Crippen LogP contribution in [0, 0.1) is 11.7 Å². The lowest BCUT2D eigenvalue weighted by Crippen LogP contribution is -2.32. The first-order valence-corrected chi connectivity index (χ1v) is 9.83. The number of hydrogen-bond donors (Lipinski definition) is 1. The van der Waals surface area contributed by atoms with Gasteiger partial charge in [-0.15, -0.1) is 0 Å². The Balaban J connectivity index is 1.49. The molecular formula is C22H20F4N4O. The van der Waals surface area contributed by atoms with Gasteiger partial charge in [0.25, 0.3) is 5.91 Å². The quantitative estimate of drug-likeness (QED) is 0.612. The Morgan fingerprint density at radius 3 is 2.52 bits per heavy atom. The van der Waals surface area contributed by atoms with Crippen molar-refractivity contribution >= 4 is 11.6 Å². The molecule has 1 saturated heterocycles. The molecule has 0 saturated carbocycles. The fraction of sp³-hybridized carbons (Fsp3) is 0.273. The Bertz CT molecular complexity index is 1060. The van der Waals surface area contributed by atoms with E-state index in [1.54, 1.807) is 0 Å². The van der Waals surface area contributed by atoms with E-state index in [0.29, 0.717) is 11.2 Å². The average Bonchev–Trinajstić information content (AvgIpc) is 3.40. The first-order chi connectivity index (χ1) is 14.8. The zero-order valence-corrected chi connectivity index (χ0v) is 16.4. The fourth-order valence-corrected chi connectivity index (χ4v) is 3.80. The number of carbonyl (C=O) groups excluding carboxylic acids is 1. The molecular weight excluding hydrogens is 412 g/mol. The van der Waals surface area contributed by atoms with Gasteiger partial charge in [0.15, 0.2) is 5.69 Å². The van der Waals surface area contributed by atoms with E-state index >= 15 is 0 Å². The average molecular weight is 432 g/mol. The number of rotatable bonds is 5. The van der Waals surface area contributed by atoms with Crippen molar-refractivity contribution in [2.75, 3.05) is 24.5 Å². The summed E-state index contributed by atoms with van der Waals surface area (Å²) in [6.07, 6.45) is -3.24. The largest absolute Gasteiger partial charge is 0.434 e. The second-order valence-corrected chi connectivity index (χ2v) is 7.41. The van der Waals surface area contributed by atoms with Crippen LogP contribution >= 0.6 is 0 Å². The Kier molecular flexibility index (Phi) is 5.67. The van der Waals surface area contributed by atoms with Gasteiger partial charge in [-0.05, 0) is 36.6 Å². The van der Waals surface area contributed by atoms with E-state index in [1.807, 2.05) is 30.3 Å². The first-order valence-electron chi connectivity index (χ1n) is 9.83. The summed E-state index contributed by atoms with van der Waals surface area (Å²) in [7, 11) is 0. The van der Waals surface area contributed by atoms with E-state index in [1.165, 1.54) is 18.2 Å². The van der Waals surface area contributed by atoms with Gasteiger partial charge in [-0.3, -0.25) is 4.79 Å². The number of para-hydroxylation sites is 2. The van der Waals surface area contributed by atoms with Crippen molar-refractivity contribution in [3.8, 4) is 5.69 Å². The highest BCUT2D eigenvalue weighted by atomic mass is 19.4. The number of nitrogens with zero attached hydrogens (tertiary/aromatic N) is 3. The molecule has 1 fully saturated rings. The molecule has 0 bridgehead atoms. The third-order valence-electron chi connectivity index (χ3n) is 5.32. The van der Waals surface area contributed by atoms with Crippen LogP contribution in [0.2, 0.25) is 0 Å². The zero-order chi connectivity index (χ0) is 22.0. The molecule has 1 aliphatic heterocycles. The van der Waals surface area contributed by atoms with Crippen molar-refractivity contribution in [1.82, 2.24) is 15.1 Å². The predicted molar refractivity (Wildman–Crippen MR) is 108 cm³/mol. The number of aromatic nitrogens is 2. The van der Waals surface area contributed by atoms with Gasteiger partial charge < -0.3 is 10.2 Å². The number of hydrogen-bond acceptors (Lipinski definition) is 3. The summed E-state index contributed by atoms with van der Waals surface area (Å²) in [4.78, 5) is 14.8. The minimum absolute atomic E-state index is 0.111. The van der Waals surface area contributed by atoms with E-state index in [0.717, 1.165) is 30.9 Å². The smallest absolute Gasteiger partial charge is 0.371 e. The zero-order valence-electron chi connectivity index (χ0n) is 16.4. The highest BCUT2D eigenvalue weighted by Crippen LogP contribution is 2.34. The fourth-order valence-electron chi connectivity index (χ4n) is 3.80. The van der Waals surface area contributed by atoms with E-state index in [4.69, 9.17) is 0 Å². The summed E-state index contributed by atoms with van der Waals surface area (Å²) in [6, 6.07) is 14.8. The maximum atomic E-state index is 14.0. The van der Waals surface area contributed by atoms with Crippen LogP contribution in [0.3, 0.4) is 0 Å². The first kappa shape index (κ1) is 20.9. The number of halogens is 4. The molecule has 1 amide bonds. The van der Waals surface area contributed by atoms with Crippen LogP contribution in [0.5, 0.6) is 0 Å².